The third-order valence-corrected chi connectivity index (χ3v) is 6.68. The monoisotopic (exact) mass is 313 g/mol. The van der Waals surface area contributed by atoms with Crippen molar-refractivity contribution in [2.75, 3.05) is 20.2 Å². The van der Waals surface area contributed by atoms with Gasteiger partial charge in [-0.1, -0.05) is 13.0 Å². The van der Waals surface area contributed by atoms with Gasteiger partial charge in [0.05, 0.1) is 7.11 Å². The molecule has 0 aromatic heterocycles. The molecule has 23 heavy (non-hydrogen) atoms. The zero-order chi connectivity index (χ0) is 16.0. The molecule has 0 amide bonds. The average molecular weight is 313 g/mol. The number of ether oxygens (including phenoxy) is 1. The molecular formula is C20H27NO2. The Bertz CT molecular complexity index is 610. The van der Waals surface area contributed by atoms with E-state index < -0.39 is 0 Å². The minimum Gasteiger partial charge on any atom is -0.497 e. The molecule has 4 rings (SSSR count). The number of carbonyl (C=O) groups is 1. The van der Waals surface area contributed by atoms with E-state index in [4.69, 9.17) is 4.74 Å². The van der Waals surface area contributed by atoms with Gasteiger partial charge in [0.1, 0.15) is 12.0 Å². The van der Waals surface area contributed by atoms with E-state index >= 15 is 0 Å². The Hall–Kier alpha value is -1.35. The second-order valence-corrected chi connectivity index (χ2v) is 7.80. The maximum absolute atomic E-state index is 11.5. The largest absolute Gasteiger partial charge is 0.497 e. The lowest BCUT2D eigenvalue weighted by atomic mass is 9.56. The summed E-state index contributed by atoms with van der Waals surface area (Å²) in [6.07, 6.45) is 6.81. The molecule has 3 nitrogen and oxygen atoms in total. The normalized spacial score (nSPS) is 33.1. The van der Waals surface area contributed by atoms with Crippen LogP contribution in [0.15, 0.2) is 18.2 Å². The fourth-order valence-corrected chi connectivity index (χ4v) is 5.06. The number of likely N-dealkylation sites (tertiary alicyclic amines) is 1. The van der Waals surface area contributed by atoms with E-state index in [9.17, 15) is 4.79 Å². The molecule has 2 bridgehead atoms. The van der Waals surface area contributed by atoms with Crippen LogP contribution < -0.4 is 4.74 Å². The van der Waals surface area contributed by atoms with Crippen LogP contribution in [0.25, 0.3) is 0 Å². The highest BCUT2D eigenvalue weighted by Gasteiger charge is 2.51. The van der Waals surface area contributed by atoms with Crippen LogP contribution in [0, 0.1) is 11.8 Å². The summed E-state index contributed by atoms with van der Waals surface area (Å²) in [4.78, 5) is 14.2. The third-order valence-electron chi connectivity index (χ3n) is 6.68. The summed E-state index contributed by atoms with van der Waals surface area (Å²) in [7, 11) is 1.72. The van der Waals surface area contributed by atoms with Crippen molar-refractivity contribution in [2.24, 2.45) is 11.8 Å². The van der Waals surface area contributed by atoms with Crippen molar-refractivity contribution in [1.82, 2.24) is 4.90 Å². The molecule has 1 aromatic rings. The smallest absolute Gasteiger partial charge is 0.120 e. The van der Waals surface area contributed by atoms with Crippen LogP contribution >= 0.6 is 0 Å². The first-order valence-electron chi connectivity index (χ1n) is 9.03. The third kappa shape index (κ3) is 2.40. The molecule has 3 aliphatic rings. The van der Waals surface area contributed by atoms with Gasteiger partial charge >= 0.3 is 0 Å². The predicted molar refractivity (Wildman–Crippen MR) is 90.9 cm³/mol. The number of fused-ring (bicyclic) bond motifs is 4. The summed E-state index contributed by atoms with van der Waals surface area (Å²) in [6.45, 7) is 4.77. The number of aldehydes is 1. The Balaban J connectivity index is 1.75. The molecule has 1 saturated carbocycles. The van der Waals surface area contributed by atoms with Crippen LogP contribution in [-0.4, -0.2) is 37.4 Å². The van der Waals surface area contributed by atoms with Crippen LogP contribution in [0.2, 0.25) is 0 Å². The molecule has 124 valence electrons. The van der Waals surface area contributed by atoms with Crippen molar-refractivity contribution < 1.29 is 9.53 Å². The Kier molecular flexibility index (Phi) is 3.72. The van der Waals surface area contributed by atoms with Gasteiger partial charge in [-0.05, 0) is 67.3 Å². The molecule has 0 N–H and O–H groups in total. The molecule has 2 fully saturated rings. The van der Waals surface area contributed by atoms with Crippen LogP contribution in [0.1, 0.15) is 43.7 Å². The number of carbonyl (C=O) groups excluding carboxylic acids is 1. The van der Waals surface area contributed by atoms with E-state index in [0.717, 1.165) is 37.3 Å². The quantitative estimate of drug-likeness (QED) is 0.782. The first kappa shape index (κ1) is 15.2. The van der Waals surface area contributed by atoms with Gasteiger partial charge in [0.15, 0.2) is 0 Å². The molecule has 0 radical (unpaired) electrons. The molecule has 1 aliphatic heterocycles. The van der Waals surface area contributed by atoms with Crippen LogP contribution in [0.3, 0.4) is 0 Å². The maximum Gasteiger partial charge on any atom is 0.120 e. The second-order valence-electron chi connectivity index (χ2n) is 7.80. The Labute approximate surface area is 139 Å². The molecule has 1 aromatic carbocycles. The van der Waals surface area contributed by atoms with Crippen molar-refractivity contribution >= 4 is 6.29 Å². The Morgan fingerprint density at radius 1 is 1.39 bits per heavy atom. The van der Waals surface area contributed by atoms with Gasteiger partial charge in [0.2, 0.25) is 0 Å². The Morgan fingerprint density at radius 2 is 2.22 bits per heavy atom. The standard InChI is InChI=1S/C20H27NO2/c1-14-19-11-16-5-6-17(23-2)12-18(16)20(14,8-10-22)7-9-21(19)13-15-3-4-15/h5-6,10,12,14-15,19H,3-4,7-9,11,13H2,1-2H3/t14-,19+,20+/m0/s1. The molecule has 2 aliphatic carbocycles. The summed E-state index contributed by atoms with van der Waals surface area (Å²) in [5, 5.41) is 0. The van der Waals surface area contributed by atoms with Gasteiger partial charge in [0.25, 0.3) is 0 Å². The minimum atomic E-state index is 0.00852. The van der Waals surface area contributed by atoms with Gasteiger partial charge < -0.3 is 9.53 Å². The number of methoxy groups -OCH3 is 1. The van der Waals surface area contributed by atoms with E-state index in [1.165, 1.54) is 30.5 Å². The predicted octanol–water partition coefficient (Wildman–Crippen LogP) is 3.20. The number of nitrogens with zero attached hydrogens (tertiary/aromatic N) is 1. The highest BCUT2D eigenvalue weighted by Crippen LogP contribution is 2.51. The van der Waals surface area contributed by atoms with Crippen LogP contribution in [0.4, 0.5) is 0 Å². The SMILES string of the molecule is COc1ccc2c(c1)[C@@]1(CC=O)CCN(CC3CC3)[C@H](C2)[C@@H]1C. The summed E-state index contributed by atoms with van der Waals surface area (Å²) in [6, 6.07) is 7.09. The maximum atomic E-state index is 11.5. The van der Waals surface area contributed by atoms with Gasteiger partial charge in [-0.3, -0.25) is 4.90 Å². The second kappa shape index (κ2) is 5.62. The van der Waals surface area contributed by atoms with Gasteiger partial charge in [-0.25, -0.2) is 0 Å². The molecule has 0 spiro atoms. The highest BCUT2D eigenvalue weighted by atomic mass is 16.5. The van der Waals surface area contributed by atoms with E-state index in [1.807, 2.05) is 0 Å². The number of hydrogen-bond donors (Lipinski definition) is 0. The van der Waals surface area contributed by atoms with Crippen molar-refractivity contribution in [3.8, 4) is 5.75 Å². The number of hydrogen-bond acceptors (Lipinski definition) is 3. The lowest BCUT2D eigenvalue weighted by molar-refractivity contribution is -0.110. The molecule has 1 heterocycles. The van der Waals surface area contributed by atoms with E-state index in [-0.39, 0.29) is 5.41 Å². The molecule has 3 atom stereocenters. The van der Waals surface area contributed by atoms with Crippen LogP contribution in [0.5, 0.6) is 5.75 Å². The lowest BCUT2D eigenvalue weighted by Gasteiger charge is -2.55. The van der Waals surface area contributed by atoms with Crippen molar-refractivity contribution in [3.63, 3.8) is 0 Å². The summed E-state index contributed by atoms with van der Waals surface area (Å²) >= 11 is 0. The van der Waals surface area contributed by atoms with Crippen molar-refractivity contribution in [2.45, 2.75) is 50.5 Å². The van der Waals surface area contributed by atoms with Crippen molar-refractivity contribution in [1.29, 1.82) is 0 Å². The summed E-state index contributed by atoms with van der Waals surface area (Å²) in [5.74, 6) is 2.37. The fraction of sp³-hybridized carbons (Fsp3) is 0.650. The molecule has 3 heteroatoms. The first-order chi connectivity index (χ1) is 11.2. The fourth-order valence-electron chi connectivity index (χ4n) is 5.06. The summed E-state index contributed by atoms with van der Waals surface area (Å²) < 4.78 is 5.46. The number of benzene rings is 1. The van der Waals surface area contributed by atoms with Gasteiger partial charge in [-0.15, -0.1) is 0 Å². The van der Waals surface area contributed by atoms with E-state index in [0.29, 0.717) is 18.4 Å². The molecule has 1 saturated heterocycles. The average Bonchev–Trinajstić information content (AvgIpc) is 3.37. The highest BCUT2D eigenvalue weighted by molar-refractivity contribution is 5.57. The number of piperidine rings is 1. The van der Waals surface area contributed by atoms with Gasteiger partial charge in [-0.2, -0.15) is 0 Å². The van der Waals surface area contributed by atoms with E-state index in [1.54, 1.807) is 7.11 Å². The van der Waals surface area contributed by atoms with Crippen molar-refractivity contribution in [3.05, 3.63) is 29.3 Å². The minimum absolute atomic E-state index is 0.00852. The molecular weight excluding hydrogens is 286 g/mol. The number of rotatable bonds is 5. The van der Waals surface area contributed by atoms with Gasteiger partial charge in [0, 0.05) is 24.4 Å². The lowest BCUT2D eigenvalue weighted by Crippen LogP contribution is -2.59. The molecule has 0 unspecified atom stereocenters. The van der Waals surface area contributed by atoms with Crippen LogP contribution in [-0.2, 0) is 16.6 Å². The van der Waals surface area contributed by atoms with E-state index in [2.05, 4.69) is 30.0 Å². The topological polar surface area (TPSA) is 29.5 Å². The zero-order valence-corrected chi connectivity index (χ0v) is 14.3. The zero-order valence-electron chi connectivity index (χ0n) is 14.3. The Morgan fingerprint density at radius 3 is 2.91 bits per heavy atom. The summed E-state index contributed by atoms with van der Waals surface area (Å²) in [5.41, 5.74) is 2.81. The first-order valence-corrected chi connectivity index (χ1v) is 9.03.